The second kappa shape index (κ2) is 6.28. The van der Waals surface area contributed by atoms with Crippen LogP contribution < -0.4 is 10.0 Å². The number of aliphatic hydroxyl groups excluding tert-OH is 1. The molecule has 0 bridgehead atoms. The maximum Gasteiger partial charge on any atom is 0.148 e. The molecule has 0 saturated carbocycles. The lowest BCUT2D eigenvalue weighted by Gasteiger charge is -2.30. The van der Waals surface area contributed by atoms with Crippen molar-refractivity contribution in [1.82, 2.24) is 4.72 Å². The van der Waals surface area contributed by atoms with Gasteiger partial charge in [0.05, 0.1) is 20.8 Å². The zero-order valence-electron chi connectivity index (χ0n) is 12.9. The standard InChI is InChI=1S/C15H20ClFN2O2S/c1-8(19-22(21)15(2,3)4)10-5-9-6-11(16)12(17)7-13(9)18-14(10)20/h5-8,14,18-20H,1-4H3/t8-,14?,22-/m0/s1. The minimum Gasteiger partial charge on any atom is -0.370 e. The van der Waals surface area contributed by atoms with Gasteiger partial charge >= 0.3 is 0 Å². The van der Waals surface area contributed by atoms with Crippen LogP contribution in [0.15, 0.2) is 17.7 Å². The molecule has 1 aliphatic rings. The topological polar surface area (TPSA) is 61.4 Å². The molecule has 122 valence electrons. The molecule has 0 radical (unpaired) electrons. The molecule has 2 rings (SSSR count). The van der Waals surface area contributed by atoms with Crippen LogP contribution in [-0.2, 0) is 11.0 Å². The predicted molar refractivity (Wildman–Crippen MR) is 89.5 cm³/mol. The first kappa shape index (κ1) is 17.4. The van der Waals surface area contributed by atoms with E-state index in [2.05, 4.69) is 10.0 Å². The Balaban J connectivity index is 2.28. The molecule has 1 unspecified atom stereocenters. The zero-order valence-corrected chi connectivity index (χ0v) is 14.5. The maximum atomic E-state index is 13.5. The molecular weight excluding hydrogens is 327 g/mol. The predicted octanol–water partition coefficient (Wildman–Crippen LogP) is 3.05. The molecule has 0 aromatic heterocycles. The van der Waals surface area contributed by atoms with E-state index in [9.17, 15) is 13.7 Å². The summed E-state index contributed by atoms with van der Waals surface area (Å²) in [7, 11) is -1.27. The van der Waals surface area contributed by atoms with Crippen LogP contribution in [-0.4, -0.2) is 26.3 Å². The lowest BCUT2D eigenvalue weighted by atomic mass is 9.98. The third kappa shape index (κ3) is 3.68. The number of aliphatic hydroxyl groups is 1. The summed E-state index contributed by atoms with van der Waals surface area (Å²) in [6.45, 7) is 7.41. The van der Waals surface area contributed by atoms with Gasteiger partial charge in [-0.3, -0.25) is 0 Å². The number of hydrogen-bond donors (Lipinski definition) is 3. The van der Waals surface area contributed by atoms with Gasteiger partial charge in [0.15, 0.2) is 0 Å². The Morgan fingerprint density at radius 3 is 2.68 bits per heavy atom. The fourth-order valence-corrected chi connectivity index (χ4v) is 3.05. The summed E-state index contributed by atoms with van der Waals surface area (Å²) < 4.78 is 28.2. The van der Waals surface area contributed by atoms with Crippen LogP contribution in [0.25, 0.3) is 6.08 Å². The van der Waals surface area contributed by atoms with Crippen molar-refractivity contribution in [2.45, 2.75) is 44.7 Å². The number of benzene rings is 1. The van der Waals surface area contributed by atoms with Gasteiger partial charge in [-0.2, -0.15) is 0 Å². The van der Waals surface area contributed by atoms with Crippen LogP contribution in [0.3, 0.4) is 0 Å². The van der Waals surface area contributed by atoms with Gasteiger partial charge < -0.3 is 10.4 Å². The van der Waals surface area contributed by atoms with E-state index in [0.717, 1.165) is 0 Å². The Bertz CT molecular complexity index is 643. The Labute approximate surface area is 137 Å². The van der Waals surface area contributed by atoms with E-state index in [0.29, 0.717) is 16.8 Å². The normalized spacial score (nSPS) is 20.7. The molecule has 3 N–H and O–H groups in total. The average Bonchev–Trinajstić information content (AvgIpc) is 2.38. The molecule has 7 heteroatoms. The van der Waals surface area contributed by atoms with Crippen molar-refractivity contribution in [1.29, 1.82) is 0 Å². The largest absolute Gasteiger partial charge is 0.370 e. The molecule has 0 saturated heterocycles. The summed E-state index contributed by atoms with van der Waals surface area (Å²) in [4.78, 5) is 0. The SMILES string of the molecule is C[C@H](N[S@@](=O)C(C)(C)C)C1=Cc2cc(Cl)c(F)cc2NC1O. The van der Waals surface area contributed by atoms with Gasteiger partial charge in [0.25, 0.3) is 0 Å². The quantitative estimate of drug-likeness (QED) is 0.788. The molecular formula is C15H20ClFN2O2S. The maximum absolute atomic E-state index is 13.5. The molecule has 0 spiro atoms. The van der Waals surface area contributed by atoms with Crippen LogP contribution in [0.1, 0.15) is 33.3 Å². The molecule has 1 aliphatic heterocycles. The van der Waals surface area contributed by atoms with E-state index in [1.54, 1.807) is 6.08 Å². The van der Waals surface area contributed by atoms with Crippen molar-refractivity contribution in [3.8, 4) is 0 Å². The van der Waals surface area contributed by atoms with Crippen molar-refractivity contribution in [2.24, 2.45) is 0 Å². The molecule has 0 aliphatic carbocycles. The lowest BCUT2D eigenvalue weighted by molar-refractivity contribution is 0.232. The Morgan fingerprint density at radius 1 is 1.45 bits per heavy atom. The van der Waals surface area contributed by atoms with Gasteiger partial charge in [0.2, 0.25) is 0 Å². The first-order chi connectivity index (χ1) is 10.1. The highest BCUT2D eigenvalue weighted by atomic mass is 35.5. The van der Waals surface area contributed by atoms with E-state index < -0.39 is 27.8 Å². The van der Waals surface area contributed by atoms with Gasteiger partial charge in [0.1, 0.15) is 12.0 Å². The smallest absolute Gasteiger partial charge is 0.148 e. The number of anilines is 1. The number of hydrogen-bond acceptors (Lipinski definition) is 3. The van der Waals surface area contributed by atoms with Crippen molar-refractivity contribution < 1.29 is 13.7 Å². The Kier molecular flexibility index (Phi) is 4.96. The molecule has 0 amide bonds. The van der Waals surface area contributed by atoms with Crippen LogP contribution >= 0.6 is 11.6 Å². The van der Waals surface area contributed by atoms with Crippen molar-refractivity contribution in [2.75, 3.05) is 5.32 Å². The Morgan fingerprint density at radius 2 is 2.09 bits per heavy atom. The summed E-state index contributed by atoms with van der Waals surface area (Å²) in [6.07, 6.45) is 0.756. The highest BCUT2D eigenvalue weighted by molar-refractivity contribution is 7.84. The van der Waals surface area contributed by atoms with Crippen LogP contribution in [0.2, 0.25) is 5.02 Å². The second-order valence-corrected chi connectivity index (χ2v) is 8.67. The summed E-state index contributed by atoms with van der Waals surface area (Å²) in [5.74, 6) is -0.544. The number of nitrogens with one attached hydrogen (secondary N) is 2. The minimum atomic E-state index is -1.27. The van der Waals surface area contributed by atoms with E-state index in [-0.39, 0.29) is 11.1 Å². The van der Waals surface area contributed by atoms with Crippen molar-refractivity contribution in [3.63, 3.8) is 0 Å². The third-order valence-electron chi connectivity index (χ3n) is 3.36. The molecule has 4 nitrogen and oxygen atoms in total. The Hall–Kier alpha value is -0.950. The van der Waals surface area contributed by atoms with Crippen molar-refractivity contribution >= 4 is 34.3 Å². The molecule has 0 fully saturated rings. The summed E-state index contributed by atoms with van der Waals surface area (Å²) in [6, 6.07) is 2.43. The van der Waals surface area contributed by atoms with Gasteiger partial charge in [-0.15, -0.1) is 0 Å². The fraction of sp³-hybridized carbons (Fsp3) is 0.467. The van der Waals surface area contributed by atoms with Gasteiger partial charge in [-0.05, 0) is 57.0 Å². The van der Waals surface area contributed by atoms with Crippen molar-refractivity contribution in [3.05, 3.63) is 34.1 Å². The zero-order chi connectivity index (χ0) is 16.7. The highest BCUT2D eigenvalue weighted by Crippen LogP contribution is 2.32. The van der Waals surface area contributed by atoms with Crippen LogP contribution in [0.4, 0.5) is 10.1 Å². The van der Waals surface area contributed by atoms with E-state index in [4.69, 9.17) is 11.6 Å². The van der Waals surface area contributed by atoms with Crippen LogP contribution in [0, 0.1) is 5.82 Å². The monoisotopic (exact) mass is 346 g/mol. The molecule has 3 atom stereocenters. The molecule has 1 aromatic carbocycles. The van der Waals surface area contributed by atoms with Gasteiger partial charge in [0, 0.05) is 11.7 Å². The van der Waals surface area contributed by atoms with Gasteiger partial charge in [-0.25, -0.2) is 13.3 Å². The minimum absolute atomic E-state index is 0.0198. The fourth-order valence-electron chi connectivity index (χ4n) is 2.06. The summed E-state index contributed by atoms with van der Waals surface area (Å²) >= 11 is 5.79. The average molecular weight is 347 g/mol. The molecule has 22 heavy (non-hydrogen) atoms. The van der Waals surface area contributed by atoms with E-state index in [1.807, 2.05) is 27.7 Å². The highest BCUT2D eigenvalue weighted by Gasteiger charge is 2.27. The van der Waals surface area contributed by atoms with E-state index in [1.165, 1.54) is 12.1 Å². The number of halogens is 2. The second-order valence-electron chi connectivity index (χ2n) is 6.27. The first-order valence-electron chi connectivity index (χ1n) is 6.93. The summed E-state index contributed by atoms with van der Waals surface area (Å²) in [5, 5.41) is 13.0. The third-order valence-corrected chi connectivity index (χ3v) is 5.33. The first-order valence-corrected chi connectivity index (χ1v) is 8.45. The number of rotatable bonds is 3. The van der Waals surface area contributed by atoms with Gasteiger partial charge in [-0.1, -0.05) is 11.6 Å². The lowest BCUT2D eigenvalue weighted by Crippen LogP contribution is -2.43. The number of fused-ring (bicyclic) bond motifs is 1. The van der Waals surface area contributed by atoms with E-state index >= 15 is 0 Å². The molecule has 1 aromatic rings. The van der Waals surface area contributed by atoms with Crippen LogP contribution in [0.5, 0.6) is 0 Å². The summed E-state index contributed by atoms with van der Waals surface area (Å²) in [5.41, 5.74) is 1.77. The molecule has 1 heterocycles.